The maximum atomic E-state index is 12.7. The second-order valence-electron chi connectivity index (χ2n) is 6.24. The molecule has 0 radical (unpaired) electrons. The highest BCUT2D eigenvalue weighted by atomic mass is 16.5. The number of amides is 1. The van der Waals surface area contributed by atoms with Gasteiger partial charge in [-0.2, -0.15) is 10.4 Å². The second-order valence-corrected chi connectivity index (χ2v) is 6.24. The zero-order valence-electron chi connectivity index (χ0n) is 15.9. The van der Waals surface area contributed by atoms with E-state index in [1.807, 2.05) is 6.07 Å². The Morgan fingerprint density at radius 1 is 1.17 bits per heavy atom. The summed E-state index contributed by atoms with van der Waals surface area (Å²) in [6.07, 6.45) is -1.10. The molecule has 1 atom stereocenters. The van der Waals surface area contributed by atoms with Crippen molar-refractivity contribution in [3.8, 4) is 6.07 Å². The van der Waals surface area contributed by atoms with Crippen LogP contribution in [0.2, 0.25) is 0 Å². The predicted octanol–water partition coefficient (Wildman–Crippen LogP) is 2.47. The Morgan fingerprint density at radius 3 is 2.45 bits per heavy atom. The van der Waals surface area contributed by atoms with Gasteiger partial charge >= 0.3 is 5.97 Å². The number of benzene rings is 2. The molecule has 0 aliphatic carbocycles. The van der Waals surface area contributed by atoms with Gasteiger partial charge in [-0.3, -0.25) is 9.59 Å². The SMILES string of the molecule is CCn1nc(C(=O)O[C@@H](C)C(=O)Nc2ccc(C#N)cc2)c2ccccc2c1=O. The predicted molar refractivity (Wildman–Crippen MR) is 106 cm³/mol. The lowest BCUT2D eigenvalue weighted by Crippen LogP contribution is -2.31. The lowest BCUT2D eigenvalue weighted by atomic mass is 10.1. The van der Waals surface area contributed by atoms with Crippen LogP contribution in [0.1, 0.15) is 29.9 Å². The minimum absolute atomic E-state index is 0.0277. The molecule has 0 aliphatic rings. The van der Waals surface area contributed by atoms with Gasteiger partial charge in [0.2, 0.25) is 0 Å². The van der Waals surface area contributed by atoms with Crippen LogP contribution in [-0.2, 0) is 16.1 Å². The number of nitriles is 1. The number of rotatable bonds is 5. The standard InChI is InChI=1S/C21H18N4O4/c1-3-25-20(27)17-7-5-4-6-16(17)18(24-25)21(28)29-13(2)19(26)23-15-10-8-14(12-22)9-11-15/h4-11,13H,3H2,1-2H3,(H,23,26)/t13-/m0/s1. The second kappa shape index (κ2) is 8.35. The van der Waals surface area contributed by atoms with E-state index in [9.17, 15) is 14.4 Å². The average Bonchev–Trinajstić information content (AvgIpc) is 2.74. The Balaban J connectivity index is 1.80. The minimum Gasteiger partial charge on any atom is -0.448 e. The normalized spacial score (nSPS) is 11.5. The molecule has 0 unspecified atom stereocenters. The van der Waals surface area contributed by atoms with Crippen molar-refractivity contribution in [1.29, 1.82) is 5.26 Å². The molecule has 146 valence electrons. The first-order chi connectivity index (χ1) is 13.9. The van der Waals surface area contributed by atoms with Crippen molar-refractivity contribution >= 4 is 28.3 Å². The van der Waals surface area contributed by atoms with Gasteiger partial charge in [-0.1, -0.05) is 18.2 Å². The molecule has 1 aromatic heterocycles. The summed E-state index contributed by atoms with van der Waals surface area (Å²) < 4.78 is 6.46. The Morgan fingerprint density at radius 2 is 1.83 bits per heavy atom. The summed E-state index contributed by atoms with van der Waals surface area (Å²) in [5.74, 6) is -1.33. The van der Waals surface area contributed by atoms with E-state index in [0.29, 0.717) is 28.6 Å². The molecule has 0 saturated carbocycles. The summed E-state index contributed by atoms with van der Waals surface area (Å²) >= 11 is 0. The minimum atomic E-state index is -1.10. The maximum Gasteiger partial charge on any atom is 0.360 e. The van der Waals surface area contributed by atoms with Gasteiger partial charge in [0.1, 0.15) is 0 Å². The summed E-state index contributed by atoms with van der Waals surface area (Å²) in [5, 5.41) is 16.3. The van der Waals surface area contributed by atoms with Gasteiger partial charge in [-0.25, -0.2) is 9.48 Å². The van der Waals surface area contributed by atoms with E-state index in [1.54, 1.807) is 55.5 Å². The summed E-state index contributed by atoms with van der Waals surface area (Å²) in [4.78, 5) is 37.4. The number of carbonyl (C=O) groups excluding carboxylic acids is 2. The number of nitrogens with zero attached hydrogens (tertiary/aromatic N) is 3. The van der Waals surface area contributed by atoms with Crippen LogP contribution in [-0.4, -0.2) is 27.8 Å². The van der Waals surface area contributed by atoms with Crippen LogP contribution in [0.25, 0.3) is 10.8 Å². The first-order valence-corrected chi connectivity index (χ1v) is 8.96. The van der Waals surface area contributed by atoms with Crippen LogP contribution in [0.5, 0.6) is 0 Å². The lowest BCUT2D eigenvalue weighted by molar-refractivity contribution is -0.123. The Hall–Kier alpha value is -3.99. The number of aromatic nitrogens is 2. The molecule has 8 heteroatoms. The maximum absolute atomic E-state index is 12.7. The van der Waals surface area contributed by atoms with Crippen molar-refractivity contribution in [2.45, 2.75) is 26.5 Å². The zero-order chi connectivity index (χ0) is 21.0. The fourth-order valence-corrected chi connectivity index (χ4v) is 2.74. The molecule has 8 nitrogen and oxygen atoms in total. The van der Waals surface area contributed by atoms with Gasteiger partial charge in [0.05, 0.1) is 17.0 Å². The third-order valence-electron chi connectivity index (χ3n) is 4.30. The summed E-state index contributed by atoms with van der Waals surface area (Å²) in [5.41, 5.74) is 0.609. The van der Waals surface area contributed by atoms with Crippen LogP contribution in [0.3, 0.4) is 0 Å². The summed E-state index contributed by atoms with van der Waals surface area (Å²) in [6, 6.07) is 14.9. The number of ether oxygens (including phenoxy) is 1. The molecule has 3 aromatic rings. The molecule has 1 amide bonds. The van der Waals surface area contributed by atoms with Gasteiger partial charge < -0.3 is 10.1 Å². The van der Waals surface area contributed by atoms with Crippen LogP contribution >= 0.6 is 0 Å². The van der Waals surface area contributed by atoms with Gasteiger partial charge in [0, 0.05) is 17.6 Å². The lowest BCUT2D eigenvalue weighted by Gasteiger charge is -2.14. The molecule has 29 heavy (non-hydrogen) atoms. The largest absolute Gasteiger partial charge is 0.448 e. The first-order valence-electron chi connectivity index (χ1n) is 8.96. The van der Waals surface area contributed by atoms with E-state index in [0.717, 1.165) is 0 Å². The Labute approximate surface area is 166 Å². The number of hydrogen-bond acceptors (Lipinski definition) is 6. The van der Waals surface area contributed by atoms with Crippen LogP contribution in [0.4, 0.5) is 5.69 Å². The summed E-state index contributed by atoms with van der Waals surface area (Å²) in [6.45, 7) is 3.47. The molecule has 1 heterocycles. The molecular formula is C21H18N4O4. The number of esters is 1. The number of aryl methyl sites for hydroxylation is 1. The van der Waals surface area contributed by atoms with E-state index in [1.165, 1.54) is 11.6 Å². The molecule has 1 N–H and O–H groups in total. The van der Waals surface area contributed by atoms with Crippen molar-refractivity contribution in [2.24, 2.45) is 0 Å². The third-order valence-corrected chi connectivity index (χ3v) is 4.30. The van der Waals surface area contributed by atoms with Gasteiger partial charge in [-0.05, 0) is 44.2 Å². The monoisotopic (exact) mass is 390 g/mol. The third kappa shape index (κ3) is 4.14. The van der Waals surface area contributed by atoms with Crippen molar-refractivity contribution in [1.82, 2.24) is 9.78 Å². The number of carbonyl (C=O) groups is 2. The number of fused-ring (bicyclic) bond motifs is 1. The zero-order valence-corrected chi connectivity index (χ0v) is 15.9. The van der Waals surface area contributed by atoms with Crippen LogP contribution in [0.15, 0.2) is 53.3 Å². The molecule has 3 rings (SSSR count). The molecule has 2 aromatic carbocycles. The first kappa shape index (κ1) is 19.8. The molecule has 0 saturated heterocycles. The smallest absolute Gasteiger partial charge is 0.360 e. The van der Waals surface area contributed by atoms with Gasteiger partial charge in [0.25, 0.3) is 11.5 Å². The fraction of sp³-hybridized carbons (Fsp3) is 0.190. The van der Waals surface area contributed by atoms with Crippen molar-refractivity contribution in [3.63, 3.8) is 0 Å². The Kier molecular flexibility index (Phi) is 5.69. The highest BCUT2D eigenvalue weighted by Gasteiger charge is 2.23. The van der Waals surface area contributed by atoms with Crippen molar-refractivity contribution in [3.05, 3.63) is 70.1 Å². The number of anilines is 1. The Bertz CT molecular complexity index is 1180. The van der Waals surface area contributed by atoms with E-state index in [-0.39, 0.29) is 11.3 Å². The molecule has 0 fully saturated rings. The number of nitrogens with one attached hydrogen (secondary N) is 1. The highest BCUT2D eigenvalue weighted by Crippen LogP contribution is 2.16. The van der Waals surface area contributed by atoms with Gasteiger partial charge in [0.15, 0.2) is 11.8 Å². The quantitative estimate of drug-likeness (QED) is 0.670. The highest BCUT2D eigenvalue weighted by molar-refractivity contribution is 6.03. The fourth-order valence-electron chi connectivity index (χ4n) is 2.74. The van der Waals surface area contributed by atoms with Gasteiger partial charge in [-0.15, -0.1) is 0 Å². The van der Waals surface area contributed by atoms with E-state index in [2.05, 4.69) is 10.4 Å². The van der Waals surface area contributed by atoms with E-state index < -0.39 is 18.0 Å². The van der Waals surface area contributed by atoms with Crippen LogP contribution in [0, 0.1) is 11.3 Å². The molecule has 0 spiro atoms. The van der Waals surface area contributed by atoms with Crippen LogP contribution < -0.4 is 10.9 Å². The number of hydrogen-bond donors (Lipinski definition) is 1. The van der Waals surface area contributed by atoms with Crippen molar-refractivity contribution in [2.75, 3.05) is 5.32 Å². The van der Waals surface area contributed by atoms with Crippen molar-refractivity contribution < 1.29 is 14.3 Å². The molecule has 0 bridgehead atoms. The van der Waals surface area contributed by atoms with E-state index in [4.69, 9.17) is 10.00 Å². The average molecular weight is 390 g/mol. The van der Waals surface area contributed by atoms with E-state index >= 15 is 0 Å². The molecular weight excluding hydrogens is 372 g/mol. The topological polar surface area (TPSA) is 114 Å². The molecule has 0 aliphatic heterocycles. The summed E-state index contributed by atoms with van der Waals surface area (Å²) in [7, 11) is 0.